The summed E-state index contributed by atoms with van der Waals surface area (Å²) in [5.41, 5.74) is -0.580. The summed E-state index contributed by atoms with van der Waals surface area (Å²) in [6, 6.07) is 0.781. The molecular formula is C14H20F2N2O. The summed E-state index contributed by atoms with van der Waals surface area (Å²) < 4.78 is 26.1. The third kappa shape index (κ3) is 3.62. The van der Waals surface area contributed by atoms with Gasteiger partial charge < -0.3 is 10.4 Å². The van der Waals surface area contributed by atoms with Gasteiger partial charge in [0.2, 0.25) is 0 Å². The highest BCUT2D eigenvalue weighted by Gasteiger charge is 2.36. The normalized spacial score (nSPS) is 21.1. The lowest BCUT2D eigenvalue weighted by molar-refractivity contribution is -0.0146. The van der Waals surface area contributed by atoms with Gasteiger partial charge in [0.25, 0.3) is 0 Å². The molecule has 1 aliphatic rings. The first kappa shape index (κ1) is 14.2. The lowest BCUT2D eigenvalue weighted by atomic mass is 9.71. The van der Waals surface area contributed by atoms with Gasteiger partial charge in [0.1, 0.15) is 5.82 Å². The predicted molar refractivity (Wildman–Crippen MR) is 69.8 cm³/mol. The maximum Gasteiger partial charge on any atom is 0.168 e. The van der Waals surface area contributed by atoms with E-state index in [1.54, 1.807) is 0 Å². The topological polar surface area (TPSA) is 45.1 Å². The summed E-state index contributed by atoms with van der Waals surface area (Å²) in [6.07, 6.45) is 4.18. The van der Waals surface area contributed by atoms with Gasteiger partial charge in [-0.3, -0.25) is 0 Å². The van der Waals surface area contributed by atoms with Crippen LogP contribution >= 0.6 is 0 Å². The molecule has 0 spiro atoms. The first-order valence-corrected chi connectivity index (χ1v) is 6.57. The van der Waals surface area contributed by atoms with E-state index in [4.69, 9.17) is 0 Å². The second kappa shape index (κ2) is 5.04. The molecule has 0 atom stereocenters. The van der Waals surface area contributed by atoms with Crippen molar-refractivity contribution in [2.24, 2.45) is 5.41 Å². The summed E-state index contributed by atoms with van der Waals surface area (Å²) in [7, 11) is 0. The van der Waals surface area contributed by atoms with Crippen molar-refractivity contribution in [3.8, 4) is 0 Å². The Balaban J connectivity index is 1.95. The molecule has 5 heteroatoms. The Kier molecular flexibility index (Phi) is 3.76. The van der Waals surface area contributed by atoms with Crippen LogP contribution in [0, 0.1) is 17.0 Å². The molecule has 1 aromatic heterocycles. The van der Waals surface area contributed by atoms with E-state index in [2.05, 4.69) is 24.1 Å². The summed E-state index contributed by atoms with van der Waals surface area (Å²) in [6.45, 7) is 4.60. The molecule has 0 unspecified atom stereocenters. The van der Waals surface area contributed by atoms with Crippen molar-refractivity contribution < 1.29 is 13.9 Å². The highest BCUT2D eigenvalue weighted by atomic mass is 19.1. The van der Waals surface area contributed by atoms with E-state index in [0.29, 0.717) is 12.8 Å². The number of pyridine rings is 1. The standard InChI is InChI=1S/C14H20F2N2O/c1-13(2)3-5-14(19,6-4-13)9-18-12-11(16)7-10(15)8-17-12/h7-8,19H,3-6,9H2,1-2H3,(H,17,18). The summed E-state index contributed by atoms with van der Waals surface area (Å²) >= 11 is 0. The van der Waals surface area contributed by atoms with Crippen LogP contribution in [0.25, 0.3) is 0 Å². The van der Waals surface area contributed by atoms with E-state index in [1.165, 1.54) is 0 Å². The zero-order valence-electron chi connectivity index (χ0n) is 11.3. The molecule has 0 saturated heterocycles. The molecule has 2 N–H and O–H groups in total. The van der Waals surface area contributed by atoms with Crippen LogP contribution in [-0.4, -0.2) is 22.2 Å². The SMILES string of the molecule is CC1(C)CCC(O)(CNc2ncc(F)cc2F)CC1. The fourth-order valence-electron chi connectivity index (χ4n) is 2.36. The average Bonchev–Trinajstić information content (AvgIpc) is 2.33. The summed E-state index contributed by atoms with van der Waals surface area (Å²) in [4.78, 5) is 3.65. The molecule has 1 heterocycles. The number of nitrogens with one attached hydrogen (secondary N) is 1. The first-order chi connectivity index (χ1) is 8.80. The van der Waals surface area contributed by atoms with E-state index in [0.717, 1.165) is 25.1 Å². The average molecular weight is 270 g/mol. The number of aromatic nitrogens is 1. The Morgan fingerprint density at radius 3 is 2.47 bits per heavy atom. The van der Waals surface area contributed by atoms with E-state index in [-0.39, 0.29) is 17.8 Å². The Hall–Kier alpha value is -1.23. The molecule has 0 aromatic carbocycles. The smallest absolute Gasteiger partial charge is 0.168 e. The highest BCUT2D eigenvalue weighted by Crippen LogP contribution is 2.40. The third-order valence-corrected chi connectivity index (χ3v) is 3.93. The molecule has 1 saturated carbocycles. The van der Waals surface area contributed by atoms with E-state index >= 15 is 0 Å². The number of anilines is 1. The quantitative estimate of drug-likeness (QED) is 0.887. The van der Waals surface area contributed by atoms with Crippen molar-refractivity contribution in [2.75, 3.05) is 11.9 Å². The largest absolute Gasteiger partial charge is 0.388 e. The van der Waals surface area contributed by atoms with E-state index < -0.39 is 17.2 Å². The van der Waals surface area contributed by atoms with Crippen LogP contribution in [-0.2, 0) is 0 Å². The summed E-state index contributed by atoms with van der Waals surface area (Å²) in [5.74, 6) is -1.46. The van der Waals surface area contributed by atoms with Crippen LogP contribution in [0.15, 0.2) is 12.3 Å². The number of rotatable bonds is 3. The number of hydrogen-bond acceptors (Lipinski definition) is 3. The lowest BCUT2D eigenvalue weighted by Crippen LogP contribution is -2.42. The molecule has 0 amide bonds. The second-order valence-electron chi connectivity index (χ2n) is 6.23. The highest BCUT2D eigenvalue weighted by molar-refractivity contribution is 5.36. The third-order valence-electron chi connectivity index (χ3n) is 3.93. The molecule has 0 bridgehead atoms. The maximum atomic E-state index is 13.4. The molecule has 0 radical (unpaired) electrons. The minimum atomic E-state index is -0.835. The van der Waals surface area contributed by atoms with Crippen molar-refractivity contribution >= 4 is 5.82 Å². The number of hydrogen-bond donors (Lipinski definition) is 2. The van der Waals surface area contributed by atoms with Crippen molar-refractivity contribution in [2.45, 2.75) is 45.1 Å². The fraction of sp³-hybridized carbons (Fsp3) is 0.643. The van der Waals surface area contributed by atoms with Gasteiger partial charge in [-0.25, -0.2) is 13.8 Å². The molecule has 1 aromatic rings. The van der Waals surface area contributed by atoms with Crippen LogP contribution in [0.2, 0.25) is 0 Å². The van der Waals surface area contributed by atoms with Crippen molar-refractivity contribution in [3.05, 3.63) is 23.9 Å². The van der Waals surface area contributed by atoms with Crippen LogP contribution in [0.4, 0.5) is 14.6 Å². The molecule has 0 aliphatic heterocycles. The molecule has 3 nitrogen and oxygen atoms in total. The number of halogens is 2. The van der Waals surface area contributed by atoms with Crippen LogP contribution in [0.1, 0.15) is 39.5 Å². The minimum absolute atomic E-state index is 0.0142. The minimum Gasteiger partial charge on any atom is -0.388 e. The van der Waals surface area contributed by atoms with Gasteiger partial charge in [0.15, 0.2) is 11.6 Å². The van der Waals surface area contributed by atoms with Crippen LogP contribution < -0.4 is 5.32 Å². The van der Waals surface area contributed by atoms with Crippen molar-refractivity contribution in [1.82, 2.24) is 4.98 Å². The Morgan fingerprint density at radius 2 is 1.89 bits per heavy atom. The first-order valence-electron chi connectivity index (χ1n) is 6.57. The van der Waals surface area contributed by atoms with Gasteiger partial charge in [-0.15, -0.1) is 0 Å². The van der Waals surface area contributed by atoms with E-state index in [9.17, 15) is 13.9 Å². The molecule has 1 aliphatic carbocycles. The Morgan fingerprint density at radius 1 is 1.26 bits per heavy atom. The Labute approximate surface area is 112 Å². The molecular weight excluding hydrogens is 250 g/mol. The Bertz CT molecular complexity index is 453. The summed E-state index contributed by atoms with van der Waals surface area (Å²) in [5, 5.41) is 13.2. The van der Waals surface area contributed by atoms with Crippen molar-refractivity contribution in [1.29, 1.82) is 0 Å². The lowest BCUT2D eigenvalue weighted by Gasteiger charge is -2.40. The number of aliphatic hydroxyl groups is 1. The second-order valence-corrected chi connectivity index (χ2v) is 6.23. The van der Waals surface area contributed by atoms with Crippen LogP contribution in [0.5, 0.6) is 0 Å². The molecule has 2 rings (SSSR count). The van der Waals surface area contributed by atoms with Gasteiger partial charge in [-0.1, -0.05) is 13.8 Å². The van der Waals surface area contributed by atoms with Gasteiger partial charge in [-0.2, -0.15) is 0 Å². The van der Waals surface area contributed by atoms with Gasteiger partial charge in [-0.05, 0) is 31.1 Å². The van der Waals surface area contributed by atoms with Gasteiger partial charge in [0, 0.05) is 12.6 Å². The zero-order chi connectivity index (χ0) is 14.1. The van der Waals surface area contributed by atoms with Gasteiger partial charge >= 0.3 is 0 Å². The maximum absolute atomic E-state index is 13.4. The van der Waals surface area contributed by atoms with Crippen molar-refractivity contribution in [3.63, 3.8) is 0 Å². The monoisotopic (exact) mass is 270 g/mol. The predicted octanol–water partition coefficient (Wildman–Crippen LogP) is 3.10. The molecule has 106 valence electrons. The van der Waals surface area contributed by atoms with Gasteiger partial charge in [0.05, 0.1) is 11.8 Å². The van der Waals surface area contributed by atoms with E-state index in [1.807, 2.05) is 0 Å². The zero-order valence-corrected chi connectivity index (χ0v) is 11.3. The molecule has 19 heavy (non-hydrogen) atoms. The fourth-order valence-corrected chi connectivity index (χ4v) is 2.36. The number of nitrogens with zero attached hydrogens (tertiary/aromatic N) is 1. The molecule has 1 fully saturated rings. The van der Waals surface area contributed by atoms with Crippen LogP contribution in [0.3, 0.4) is 0 Å².